The van der Waals surface area contributed by atoms with E-state index in [1.54, 1.807) is 42.6 Å². The summed E-state index contributed by atoms with van der Waals surface area (Å²) < 4.78 is 14.3. The molecule has 1 N–H and O–H groups in total. The molecular formula is C21H19N5O4S. The average molecular weight is 437 g/mol. The predicted octanol–water partition coefficient (Wildman–Crippen LogP) is 2.47. The number of hydrogen-bond acceptors (Lipinski definition) is 7. The Morgan fingerprint density at radius 3 is 2.74 bits per heavy atom. The number of amides is 1. The number of aromatic nitrogens is 4. The summed E-state index contributed by atoms with van der Waals surface area (Å²) in [4.78, 5) is 25.4. The molecular weight excluding hydrogens is 418 g/mol. The number of ether oxygens (including phenoxy) is 2. The van der Waals surface area contributed by atoms with Crippen molar-refractivity contribution in [1.82, 2.24) is 19.2 Å². The maximum Gasteiger partial charge on any atom is 0.262 e. The summed E-state index contributed by atoms with van der Waals surface area (Å²) >= 11 is 1.27. The van der Waals surface area contributed by atoms with Crippen LogP contribution in [0, 0.1) is 0 Å². The Kier molecular flexibility index (Phi) is 4.78. The third kappa shape index (κ3) is 3.38. The third-order valence-electron chi connectivity index (χ3n) is 5.06. The van der Waals surface area contributed by atoms with Gasteiger partial charge in [0.25, 0.3) is 5.56 Å². The third-order valence-corrected chi connectivity index (χ3v) is 6.10. The van der Waals surface area contributed by atoms with Gasteiger partial charge in [-0.2, -0.15) is 0 Å². The van der Waals surface area contributed by atoms with E-state index in [0.29, 0.717) is 52.2 Å². The number of rotatable bonds is 4. The summed E-state index contributed by atoms with van der Waals surface area (Å²) in [5.41, 5.74) is 1.18. The Morgan fingerprint density at radius 1 is 1.13 bits per heavy atom. The maximum absolute atomic E-state index is 12.8. The number of nitrogens with one attached hydrogen (secondary N) is 1. The lowest BCUT2D eigenvalue weighted by Crippen LogP contribution is -2.23. The van der Waals surface area contributed by atoms with Crippen LogP contribution in [0.2, 0.25) is 0 Å². The standard InChI is InChI=1S/C21H19N5O4S/c1-12(18(27)22-13-7-8-16-17(11-13)30-10-9-29-16)31-21-24-23-20-25(2)19(28)14-5-3-4-6-15(14)26(20)21/h3-8,11-12H,9-10H2,1-2H3,(H,22,27). The summed E-state index contributed by atoms with van der Waals surface area (Å²) in [5.74, 6) is 1.51. The summed E-state index contributed by atoms with van der Waals surface area (Å²) in [6.45, 7) is 2.79. The Labute approximate surface area is 181 Å². The highest BCUT2D eigenvalue weighted by Gasteiger charge is 2.21. The van der Waals surface area contributed by atoms with Crippen LogP contribution in [0.1, 0.15) is 6.92 Å². The molecule has 0 radical (unpaired) electrons. The van der Waals surface area contributed by atoms with Gasteiger partial charge in [-0.1, -0.05) is 23.9 Å². The molecule has 4 aromatic rings. The highest BCUT2D eigenvalue weighted by atomic mass is 32.2. The number of anilines is 1. The Morgan fingerprint density at radius 2 is 1.90 bits per heavy atom. The van der Waals surface area contributed by atoms with Gasteiger partial charge in [0.15, 0.2) is 16.7 Å². The van der Waals surface area contributed by atoms with Crippen LogP contribution in [0.4, 0.5) is 5.69 Å². The van der Waals surface area contributed by atoms with Crippen molar-refractivity contribution in [2.24, 2.45) is 7.05 Å². The number of fused-ring (bicyclic) bond motifs is 4. The first-order chi connectivity index (χ1) is 15.0. The Bertz CT molecular complexity index is 1380. The Hall–Kier alpha value is -3.53. The normalized spacial score (nSPS) is 14.0. The molecule has 31 heavy (non-hydrogen) atoms. The van der Waals surface area contributed by atoms with E-state index in [2.05, 4.69) is 15.5 Å². The predicted molar refractivity (Wildman–Crippen MR) is 117 cm³/mol. The molecule has 0 saturated carbocycles. The van der Waals surface area contributed by atoms with Crippen LogP contribution >= 0.6 is 11.8 Å². The van der Waals surface area contributed by atoms with Crippen LogP contribution in [0.25, 0.3) is 16.7 Å². The molecule has 1 aliphatic rings. The van der Waals surface area contributed by atoms with Crippen LogP contribution in [-0.4, -0.2) is 43.5 Å². The van der Waals surface area contributed by atoms with E-state index in [9.17, 15) is 9.59 Å². The largest absolute Gasteiger partial charge is 0.486 e. The molecule has 2 aromatic heterocycles. The molecule has 0 spiro atoms. The topological polar surface area (TPSA) is 99.8 Å². The molecule has 1 aliphatic heterocycles. The Balaban J connectivity index is 1.42. The number of benzene rings is 2. The number of thioether (sulfide) groups is 1. The molecule has 1 atom stereocenters. The van der Waals surface area contributed by atoms with Crippen LogP contribution < -0.4 is 20.3 Å². The quantitative estimate of drug-likeness (QED) is 0.490. The van der Waals surface area contributed by atoms with Gasteiger partial charge in [0.05, 0.1) is 16.2 Å². The first-order valence-corrected chi connectivity index (χ1v) is 10.6. The number of hydrogen-bond donors (Lipinski definition) is 1. The van der Waals surface area contributed by atoms with Gasteiger partial charge < -0.3 is 14.8 Å². The number of aryl methyl sites for hydroxylation is 1. The summed E-state index contributed by atoms with van der Waals surface area (Å²) in [7, 11) is 1.66. The maximum atomic E-state index is 12.8. The van der Waals surface area contributed by atoms with Crippen molar-refractivity contribution >= 4 is 40.0 Å². The smallest absolute Gasteiger partial charge is 0.262 e. The molecule has 0 bridgehead atoms. The molecule has 0 aliphatic carbocycles. The highest BCUT2D eigenvalue weighted by Crippen LogP contribution is 2.33. The molecule has 1 amide bonds. The SMILES string of the molecule is CC(Sc1nnc2n(C)c(=O)c3ccccc3n12)C(=O)Nc1ccc2c(c1)OCCO2. The van der Waals surface area contributed by atoms with E-state index in [-0.39, 0.29) is 11.5 Å². The number of para-hydroxylation sites is 1. The van der Waals surface area contributed by atoms with Gasteiger partial charge in [-0.25, -0.2) is 0 Å². The van der Waals surface area contributed by atoms with Gasteiger partial charge in [-0.3, -0.25) is 18.6 Å². The van der Waals surface area contributed by atoms with Crippen LogP contribution in [-0.2, 0) is 11.8 Å². The second kappa shape index (κ2) is 7.62. The van der Waals surface area contributed by atoms with Crippen molar-refractivity contribution in [3.05, 3.63) is 52.8 Å². The molecule has 158 valence electrons. The van der Waals surface area contributed by atoms with Gasteiger partial charge in [0.1, 0.15) is 13.2 Å². The van der Waals surface area contributed by atoms with E-state index in [1.807, 2.05) is 18.2 Å². The number of carbonyl (C=O) groups is 1. The molecule has 0 saturated heterocycles. The fourth-order valence-electron chi connectivity index (χ4n) is 3.46. The van der Waals surface area contributed by atoms with E-state index in [1.165, 1.54) is 16.3 Å². The molecule has 0 fully saturated rings. The first kappa shape index (κ1) is 19.4. The monoisotopic (exact) mass is 437 g/mol. The average Bonchev–Trinajstić information content (AvgIpc) is 3.21. The lowest BCUT2D eigenvalue weighted by Gasteiger charge is -2.19. The van der Waals surface area contributed by atoms with Crippen molar-refractivity contribution in [3.8, 4) is 11.5 Å². The fraction of sp³-hybridized carbons (Fsp3) is 0.238. The van der Waals surface area contributed by atoms with E-state index < -0.39 is 5.25 Å². The molecule has 5 rings (SSSR count). The van der Waals surface area contributed by atoms with Crippen molar-refractivity contribution in [2.75, 3.05) is 18.5 Å². The summed E-state index contributed by atoms with van der Waals surface area (Å²) in [6, 6.07) is 12.6. The molecule has 9 nitrogen and oxygen atoms in total. The second-order valence-electron chi connectivity index (χ2n) is 7.11. The molecule has 3 heterocycles. The summed E-state index contributed by atoms with van der Waals surface area (Å²) in [6.07, 6.45) is 0. The zero-order chi connectivity index (χ0) is 21.5. The van der Waals surface area contributed by atoms with Gasteiger partial charge in [-0.15, -0.1) is 10.2 Å². The van der Waals surface area contributed by atoms with E-state index in [0.717, 1.165) is 0 Å². The van der Waals surface area contributed by atoms with Crippen LogP contribution in [0.5, 0.6) is 11.5 Å². The summed E-state index contributed by atoms with van der Waals surface area (Å²) in [5, 5.41) is 11.9. The van der Waals surface area contributed by atoms with E-state index >= 15 is 0 Å². The van der Waals surface area contributed by atoms with Crippen molar-refractivity contribution < 1.29 is 14.3 Å². The van der Waals surface area contributed by atoms with Gasteiger partial charge in [-0.05, 0) is 31.2 Å². The van der Waals surface area contributed by atoms with Crippen molar-refractivity contribution in [3.63, 3.8) is 0 Å². The highest BCUT2D eigenvalue weighted by molar-refractivity contribution is 8.00. The second-order valence-corrected chi connectivity index (χ2v) is 8.42. The minimum Gasteiger partial charge on any atom is -0.486 e. The van der Waals surface area contributed by atoms with E-state index in [4.69, 9.17) is 9.47 Å². The minimum absolute atomic E-state index is 0.142. The lowest BCUT2D eigenvalue weighted by atomic mass is 10.2. The fourth-order valence-corrected chi connectivity index (χ4v) is 4.32. The number of carbonyl (C=O) groups excluding carboxylic acids is 1. The van der Waals surface area contributed by atoms with Gasteiger partial charge >= 0.3 is 0 Å². The minimum atomic E-state index is -0.461. The lowest BCUT2D eigenvalue weighted by molar-refractivity contribution is -0.115. The van der Waals surface area contributed by atoms with Crippen molar-refractivity contribution in [1.29, 1.82) is 0 Å². The first-order valence-electron chi connectivity index (χ1n) is 9.73. The van der Waals surface area contributed by atoms with Crippen molar-refractivity contribution in [2.45, 2.75) is 17.3 Å². The van der Waals surface area contributed by atoms with Crippen LogP contribution in [0.15, 0.2) is 52.4 Å². The van der Waals surface area contributed by atoms with Gasteiger partial charge in [0.2, 0.25) is 11.7 Å². The zero-order valence-electron chi connectivity index (χ0n) is 16.9. The van der Waals surface area contributed by atoms with Gasteiger partial charge in [0, 0.05) is 18.8 Å². The molecule has 10 heteroatoms. The zero-order valence-corrected chi connectivity index (χ0v) is 17.7. The molecule has 2 aromatic carbocycles. The molecule has 1 unspecified atom stereocenters. The number of nitrogens with zero attached hydrogens (tertiary/aromatic N) is 4. The van der Waals surface area contributed by atoms with Crippen LogP contribution in [0.3, 0.4) is 0 Å².